The lowest BCUT2D eigenvalue weighted by molar-refractivity contribution is 0.485. The second-order valence-electron chi connectivity index (χ2n) is 5.23. The van der Waals surface area contributed by atoms with Crippen LogP contribution in [0.1, 0.15) is 37.3 Å². The van der Waals surface area contributed by atoms with E-state index in [4.69, 9.17) is 4.18 Å². The highest BCUT2D eigenvalue weighted by molar-refractivity contribution is 7.87. The molecule has 1 unspecified atom stereocenters. The first kappa shape index (κ1) is 15.6. The minimum atomic E-state index is -3.78. The fraction of sp³-hybridized carbons (Fsp3) is 0.294. The molecule has 0 bridgehead atoms. The molecule has 112 valence electrons. The van der Waals surface area contributed by atoms with Gasteiger partial charge in [-0.15, -0.1) is 0 Å². The molecule has 0 N–H and O–H groups in total. The Labute approximate surface area is 126 Å². The molecule has 0 fully saturated rings. The normalized spacial score (nSPS) is 12.9. The molecule has 2 aromatic carbocycles. The van der Waals surface area contributed by atoms with Crippen molar-refractivity contribution in [2.45, 2.75) is 38.0 Å². The molecule has 0 radical (unpaired) electrons. The van der Waals surface area contributed by atoms with Gasteiger partial charge in [-0.25, -0.2) is 0 Å². The third-order valence-corrected chi connectivity index (χ3v) is 4.82. The van der Waals surface area contributed by atoms with E-state index in [-0.39, 0.29) is 4.90 Å². The molecule has 21 heavy (non-hydrogen) atoms. The van der Waals surface area contributed by atoms with Crippen molar-refractivity contribution in [3.63, 3.8) is 0 Å². The molecule has 1 atom stereocenters. The fourth-order valence-electron chi connectivity index (χ4n) is 1.99. The van der Waals surface area contributed by atoms with Crippen LogP contribution in [-0.4, -0.2) is 8.42 Å². The summed E-state index contributed by atoms with van der Waals surface area (Å²) in [5, 5.41) is 0. The molecule has 0 amide bonds. The predicted molar refractivity (Wildman–Crippen MR) is 84.1 cm³/mol. The minimum Gasteiger partial charge on any atom is -0.379 e. The maximum Gasteiger partial charge on any atom is 0.339 e. The van der Waals surface area contributed by atoms with E-state index in [2.05, 4.69) is 13.8 Å². The lowest BCUT2D eigenvalue weighted by atomic mass is 9.99. The monoisotopic (exact) mass is 304 g/mol. The first-order valence-corrected chi connectivity index (χ1v) is 8.44. The van der Waals surface area contributed by atoms with Gasteiger partial charge < -0.3 is 4.18 Å². The Morgan fingerprint density at radius 3 is 2.38 bits per heavy atom. The van der Waals surface area contributed by atoms with E-state index < -0.39 is 10.1 Å². The smallest absolute Gasteiger partial charge is 0.339 e. The molecule has 0 heterocycles. The summed E-state index contributed by atoms with van der Waals surface area (Å²) >= 11 is 0. The first-order chi connectivity index (χ1) is 9.92. The van der Waals surface area contributed by atoms with Gasteiger partial charge in [-0.1, -0.05) is 43.7 Å². The maximum atomic E-state index is 12.2. The van der Waals surface area contributed by atoms with Crippen LogP contribution in [0.25, 0.3) is 0 Å². The van der Waals surface area contributed by atoms with Gasteiger partial charge in [0.1, 0.15) is 10.6 Å². The van der Waals surface area contributed by atoms with E-state index in [1.54, 1.807) is 36.4 Å². The van der Waals surface area contributed by atoms with E-state index >= 15 is 0 Å². The SMILES string of the molecule is CCC(C)c1cccc(OS(=O)(=O)c2ccc(C)cc2)c1. The first-order valence-electron chi connectivity index (χ1n) is 7.03. The number of aryl methyl sites for hydroxylation is 1. The van der Waals surface area contributed by atoms with E-state index in [0.29, 0.717) is 11.7 Å². The van der Waals surface area contributed by atoms with Gasteiger partial charge in [0.2, 0.25) is 0 Å². The summed E-state index contributed by atoms with van der Waals surface area (Å²) in [7, 11) is -3.78. The van der Waals surface area contributed by atoms with Crippen molar-refractivity contribution in [3.05, 3.63) is 59.7 Å². The third-order valence-electron chi connectivity index (χ3n) is 3.56. The molecular formula is C17H20O3S. The van der Waals surface area contributed by atoms with Gasteiger partial charge >= 0.3 is 10.1 Å². The molecule has 2 rings (SSSR count). The van der Waals surface area contributed by atoms with Gasteiger partial charge in [-0.3, -0.25) is 0 Å². The van der Waals surface area contributed by atoms with Crippen LogP contribution < -0.4 is 4.18 Å². The van der Waals surface area contributed by atoms with Crippen molar-refractivity contribution in [1.82, 2.24) is 0 Å². The standard InChI is InChI=1S/C17H20O3S/c1-4-14(3)15-6-5-7-16(12-15)20-21(18,19)17-10-8-13(2)9-11-17/h5-12,14H,4H2,1-3H3. The molecule has 0 saturated heterocycles. The van der Waals surface area contributed by atoms with Crippen LogP contribution >= 0.6 is 0 Å². The molecule has 3 nitrogen and oxygen atoms in total. The fourth-order valence-corrected chi connectivity index (χ4v) is 2.91. The summed E-state index contributed by atoms with van der Waals surface area (Å²) in [6.45, 7) is 6.11. The highest BCUT2D eigenvalue weighted by Crippen LogP contribution is 2.25. The summed E-state index contributed by atoms with van der Waals surface area (Å²) in [5.74, 6) is 0.726. The molecule has 4 heteroatoms. The molecule has 0 spiro atoms. The Kier molecular flexibility index (Phi) is 4.68. The van der Waals surface area contributed by atoms with Crippen molar-refractivity contribution in [1.29, 1.82) is 0 Å². The summed E-state index contributed by atoms with van der Waals surface area (Å²) < 4.78 is 29.7. The average molecular weight is 304 g/mol. The van der Waals surface area contributed by atoms with Gasteiger partial charge in [0, 0.05) is 0 Å². The molecule has 0 aliphatic carbocycles. The molecule has 0 aliphatic rings. The van der Waals surface area contributed by atoms with E-state index in [1.807, 2.05) is 19.1 Å². The van der Waals surface area contributed by atoms with Gasteiger partial charge in [0.15, 0.2) is 0 Å². The number of rotatable bonds is 5. The Hall–Kier alpha value is -1.81. The summed E-state index contributed by atoms with van der Waals surface area (Å²) in [6, 6.07) is 13.9. The number of hydrogen-bond acceptors (Lipinski definition) is 3. The van der Waals surface area contributed by atoms with Gasteiger partial charge in [-0.05, 0) is 49.1 Å². The van der Waals surface area contributed by atoms with Crippen molar-refractivity contribution in [2.24, 2.45) is 0 Å². The van der Waals surface area contributed by atoms with Crippen LogP contribution in [0.15, 0.2) is 53.4 Å². The summed E-state index contributed by atoms with van der Waals surface area (Å²) in [6.07, 6.45) is 0.994. The van der Waals surface area contributed by atoms with Gasteiger partial charge in [0.05, 0.1) is 0 Å². The van der Waals surface area contributed by atoms with Crippen LogP contribution in [0, 0.1) is 6.92 Å². The van der Waals surface area contributed by atoms with Crippen LogP contribution in [-0.2, 0) is 10.1 Å². The van der Waals surface area contributed by atoms with Crippen molar-refractivity contribution >= 4 is 10.1 Å². The molecule has 0 aliphatic heterocycles. The van der Waals surface area contributed by atoms with E-state index in [1.165, 1.54) is 0 Å². The molecule has 0 aromatic heterocycles. The summed E-state index contributed by atoms with van der Waals surface area (Å²) in [4.78, 5) is 0.169. The van der Waals surface area contributed by atoms with Crippen LogP contribution in [0.5, 0.6) is 5.75 Å². The lowest BCUT2D eigenvalue weighted by Crippen LogP contribution is -2.10. The minimum absolute atomic E-state index is 0.169. The Morgan fingerprint density at radius 2 is 1.76 bits per heavy atom. The third kappa shape index (κ3) is 3.85. The second kappa shape index (κ2) is 6.31. The second-order valence-corrected chi connectivity index (χ2v) is 6.78. The van der Waals surface area contributed by atoms with Crippen molar-refractivity contribution in [3.8, 4) is 5.75 Å². The van der Waals surface area contributed by atoms with Crippen molar-refractivity contribution in [2.75, 3.05) is 0 Å². The maximum absolute atomic E-state index is 12.2. The number of benzene rings is 2. The highest BCUT2D eigenvalue weighted by atomic mass is 32.2. The Bertz CT molecular complexity index is 703. The highest BCUT2D eigenvalue weighted by Gasteiger charge is 2.16. The van der Waals surface area contributed by atoms with Gasteiger partial charge in [0.25, 0.3) is 0 Å². The predicted octanol–water partition coefficient (Wildman–Crippen LogP) is 4.28. The number of hydrogen-bond donors (Lipinski definition) is 0. The molecule has 2 aromatic rings. The largest absolute Gasteiger partial charge is 0.379 e. The molecular weight excluding hydrogens is 284 g/mol. The molecule has 0 saturated carbocycles. The van der Waals surface area contributed by atoms with Crippen LogP contribution in [0.4, 0.5) is 0 Å². The zero-order valence-electron chi connectivity index (χ0n) is 12.5. The topological polar surface area (TPSA) is 43.4 Å². The zero-order chi connectivity index (χ0) is 15.5. The quantitative estimate of drug-likeness (QED) is 0.774. The van der Waals surface area contributed by atoms with E-state index in [0.717, 1.165) is 17.5 Å². The van der Waals surface area contributed by atoms with Crippen LogP contribution in [0.3, 0.4) is 0 Å². The zero-order valence-corrected chi connectivity index (χ0v) is 13.4. The van der Waals surface area contributed by atoms with Crippen molar-refractivity contribution < 1.29 is 12.6 Å². The lowest BCUT2D eigenvalue weighted by Gasteiger charge is -2.12. The van der Waals surface area contributed by atoms with Gasteiger partial charge in [-0.2, -0.15) is 8.42 Å². The Morgan fingerprint density at radius 1 is 1.10 bits per heavy atom. The van der Waals surface area contributed by atoms with Crippen LogP contribution in [0.2, 0.25) is 0 Å². The average Bonchev–Trinajstić information content (AvgIpc) is 2.46. The summed E-state index contributed by atoms with van der Waals surface area (Å²) in [5.41, 5.74) is 2.09. The Balaban J connectivity index is 2.26. The van der Waals surface area contributed by atoms with E-state index in [9.17, 15) is 8.42 Å².